The van der Waals surface area contributed by atoms with E-state index in [1.165, 1.54) is 11.3 Å². The molecule has 6 heteroatoms. The molecule has 0 amide bonds. The normalized spacial score (nSPS) is 11.4. The van der Waals surface area contributed by atoms with Crippen LogP contribution in [0.2, 0.25) is 0 Å². The Morgan fingerprint density at radius 2 is 2.12 bits per heavy atom. The van der Waals surface area contributed by atoms with Crippen LogP contribution in [0.25, 0.3) is 22.7 Å². The highest BCUT2D eigenvalue weighted by molar-refractivity contribution is 7.15. The van der Waals surface area contributed by atoms with E-state index in [9.17, 15) is 0 Å². The van der Waals surface area contributed by atoms with Crippen LogP contribution in [0.4, 0.5) is 5.00 Å². The topological polar surface area (TPSA) is 64.9 Å². The van der Waals surface area contributed by atoms with E-state index < -0.39 is 0 Å². The zero-order chi connectivity index (χ0) is 11.3. The fourth-order valence-corrected chi connectivity index (χ4v) is 3.05. The summed E-state index contributed by atoms with van der Waals surface area (Å²) in [4.78, 5) is 9.91. The predicted octanol–water partition coefficient (Wildman–Crippen LogP) is 3.21. The van der Waals surface area contributed by atoms with Crippen LogP contribution in [-0.4, -0.2) is 9.97 Å². The summed E-state index contributed by atoms with van der Waals surface area (Å²) in [5.74, 6) is 0.561. The Balaban J connectivity index is 2.22. The molecule has 0 unspecified atom stereocenters. The molecule has 3 aromatic heterocycles. The van der Waals surface area contributed by atoms with Crippen molar-refractivity contribution >= 4 is 38.8 Å². The highest BCUT2D eigenvalue weighted by atomic mass is 32.1. The maximum atomic E-state index is 5.78. The maximum absolute atomic E-state index is 5.78. The van der Waals surface area contributed by atoms with Gasteiger partial charge in [-0.25, -0.2) is 9.97 Å². The Kier molecular flexibility index (Phi) is 2.02. The fourth-order valence-electron chi connectivity index (χ4n) is 1.59. The average Bonchev–Trinajstić information content (AvgIpc) is 2.84. The molecule has 0 aliphatic carbocycles. The van der Waals surface area contributed by atoms with Crippen LogP contribution in [0, 0.1) is 13.8 Å². The molecular formula is C10H9N3OS2. The van der Waals surface area contributed by atoms with Gasteiger partial charge in [-0.2, -0.15) is 0 Å². The van der Waals surface area contributed by atoms with E-state index in [4.69, 9.17) is 10.2 Å². The average molecular weight is 251 g/mol. The fraction of sp³-hybridized carbons (Fsp3) is 0.200. The molecule has 0 radical (unpaired) electrons. The second kappa shape index (κ2) is 3.29. The first kappa shape index (κ1) is 9.80. The molecule has 0 aliphatic heterocycles. The molecule has 3 rings (SSSR count). The van der Waals surface area contributed by atoms with Crippen molar-refractivity contribution < 1.29 is 4.42 Å². The number of hydrogen-bond acceptors (Lipinski definition) is 6. The molecule has 2 N–H and O–H groups in total. The van der Waals surface area contributed by atoms with Crippen LogP contribution in [0.1, 0.15) is 9.88 Å². The van der Waals surface area contributed by atoms with E-state index in [0.717, 1.165) is 21.1 Å². The van der Waals surface area contributed by atoms with Crippen molar-refractivity contribution in [3.63, 3.8) is 0 Å². The lowest BCUT2D eigenvalue weighted by Crippen LogP contribution is -1.80. The summed E-state index contributed by atoms with van der Waals surface area (Å²) >= 11 is 3.08. The molecule has 82 valence electrons. The third kappa shape index (κ3) is 1.34. The molecular weight excluding hydrogens is 242 g/mol. The minimum absolute atomic E-state index is 0.561. The Morgan fingerprint density at radius 1 is 1.31 bits per heavy atom. The number of rotatable bonds is 1. The van der Waals surface area contributed by atoms with Gasteiger partial charge in [-0.15, -0.1) is 22.7 Å². The van der Waals surface area contributed by atoms with Gasteiger partial charge in [0, 0.05) is 10.3 Å². The first-order valence-electron chi connectivity index (χ1n) is 4.73. The molecule has 0 saturated heterocycles. The lowest BCUT2D eigenvalue weighted by atomic mass is 10.4. The second-order valence-corrected chi connectivity index (χ2v) is 5.79. The lowest BCUT2D eigenvalue weighted by Gasteiger charge is -1.89. The summed E-state index contributed by atoms with van der Waals surface area (Å²) in [7, 11) is 0. The van der Waals surface area contributed by atoms with Gasteiger partial charge in [0.25, 0.3) is 0 Å². The summed E-state index contributed by atoms with van der Waals surface area (Å²) in [5.41, 5.74) is 8.08. The summed E-state index contributed by atoms with van der Waals surface area (Å²) in [6.45, 7) is 3.99. The number of thiazole rings is 1. The Hall–Kier alpha value is -1.40. The monoisotopic (exact) mass is 251 g/mol. The summed E-state index contributed by atoms with van der Waals surface area (Å²) in [5, 5.41) is 3.58. The van der Waals surface area contributed by atoms with Gasteiger partial charge in [0.1, 0.15) is 16.2 Å². The maximum Gasteiger partial charge on any atom is 0.247 e. The zero-order valence-electron chi connectivity index (χ0n) is 8.77. The second-order valence-electron chi connectivity index (χ2n) is 3.47. The molecule has 0 fully saturated rings. The summed E-state index contributed by atoms with van der Waals surface area (Å²) in [6.07, 6.45) is 0. The number of hydrogen-bond donors (Lipinski definition) is 1. The number of aromatic nitrogens is 2. The number of oxazole rings is 1. The molecule has 0 bridgehead atoms. The van der Waals surface area contributed by atoms with Crippen molar-refractivity contribution in [3.05, 3.63) is 15.3 Å². The van der Waals surface area contributed by atoms with E-state index in [-0.39, 0.29) is 0 Å². The number of aryl methyl sites for hydroxylation is 2. The molecule has 0 aromatic carbocycles. The van der Waals surface area contributed by atoms with Crippen LogP contribution in [0.5, 0.6) is 0 Å². The Labute approximate surface area is 99.8 Å². The van der Waals surface area contributed by atoms with Crippen LogP contribution >= 0.6 is 22.7 Å². The molecule has 0 saturated carbocycles. The Morgan fingerprint density at radius 3 is 2.75 bits per heavy atom. The SMILES string of the molecule is Cc1nc(-c2nc3csc(N)c3o2)c(C)s1. The standard InChI is InChI=1S/C10H9N3OS2/c1-4-7(12-5(2)16-4)10-13-6-3-15-9(11)8(6)14-10/h3H,11H2,1-2H3. The van der Waals surface area contributed by atoms with E-state index in [1.807, 2.05) is 19.2 Å². The van der Waals surface area contributed by atoms with Crippen LogP contribution in [-0.2, 0) is 0 Å². The van der Waals surface area contributed by atoms with E-state index >= 15 is 0 Å². The first-order valence-corrected chi connectivity index (χ1v) is 6.42. The number of fused-ring (bicyclic) bond motifs is 1. The Bertz CT molecular complexity index is 665. The highest BCUT2D eigenvalue weighted by Crippen LogP contribution is 2.34. The summed E-state index contributed by atoms with van der Waals surface area (Å²) in [6, 6.07) is 0. The smallest absolute Gasteiger partial charge is 0.247 e. The van der Waals surface area contributed by atoms with Gasteiger partial charge in [0.15, 0.2) is 5.58 Å². The van der Waals surface area contributed by atoms with Gasteiger partial charge >= 0.3 is 0 Å². The molecule has 4 nitrogen and oxygen atoms in total. The number of nitrogen functional groups attached to an aromatic ring is 1. The molecule has 0 atom stereocenters. The van der Waals surface area contributed by atoms with Gasteiger partial charge in [0.05, 0.1) is 5.01 Å². The van der Waals surface area contributed by atoms with Crippen molar-refractivity contribution in [2.24, 2.45) is 0 Å². The number of thiophene rings is 1. The molecule has 0 aliphatic rings. The molecule has 0 spiro atoms. The molecule has 16 heavy (non-hydrogen) atoms. The van der Waals surface area contributed by atoms with Crippen molar-refractivity contribution in [2.75, 3.05) is 5.73 Å². The lowest BCUT2D eigenvalue weighted by molar-refractivity contribution is 0.618. The van der Waals surface area contributed by atoms with E-state index in [1.54, 1.807) is 11.3 Å². The van der Waals surface area contributed by atoms with E-state index in [0.29, 0.717) is 16.5 Å². The minimum Gasteiger partial charge on any atom is -0.431 e. The third-order valence-electron chi connectivity index (χ3n) is 2.28. The zero-order valence-corrected chi connectivity index (χ0v) is 10.4. The highest BCUT2D eigenvalue weighted by Gasteiger charge is 2.16. The van der Waals surface area contributed by atoms with Crippen molar-refractivity contribution in [1.82, 2.24) is 9.97 Å². The number of nitrogens with zero attached hydrogens (tertiary/aromatic N) is 2. The predicted molar refractivity (Wildman–Crippen MR) is 66.9 cm³/mol. The largest absolute Gasteiger partial charge is 0.431 e. The first-order chi connectivity index (χ1) is 7.65. The van der Waals surface area contributed by atoms with Crippen molar-refractivity contribution in [1.29, 1.82) is 0 Å². The number of anilines is 1. The van der Waals surface area contributed by atoms with Gasteiger partial charge in [0.2, 0.25) is 5.89 Å². The van der Waals surface area contributed by atoms with Gasteiger partial charge in [-0.1, -0.05) is 0 Å². The quantitative estimate of drug-likeness (QED) is 0.721. The summed E-state index contributed by atoms with van der Waals surface area (Å²) < 4.78 is 5.64. The number of nitrogens with two attached hydrogens (primary N) is 1. The van der Waals surface area contributed by atoms with Crippen LogP contribution < -0.4 is 5.73 Å². The van der Waals surface area contributed by atoms with Gasteiger partial charge in [-0.05, 0) is 13.8 Å². The molecule has 3 aromatic rings. The van der Waals surface area contributed by atoms with Crippen molar-refractivity contribution in [3.8, 4) is 11.6 Å². The van der Waals surface area contributed by atoms with Gasteiger partial charge < -0.3 is 10.2 Å². The van der Waals surface area contributed by atoms with E-state index in [2.05, 4.69) is 9.97 Å². The van der Waals surface area contributed by atoms with Gasteiger partial charge in [-0.3, -0.25) is 0 Å². The van der Waals surface area contributed by atoms with Crippen LogP contribution in [0.15, 0.2) is 9.80 Å². The molecule has 3 heterocycles. The minimum atomic E-state index is 0.561. The van der Waals surface area contributed by atoms with Crippen molar-refractivity contribution in [2.45, 2.75) is 13.8 Å². The third-order valence-corrected chi connectivity index (χ3v) is 3.95. The van der Waals surface area contributed by atoms with Crippen LogP contribution in [0.3, 0.4) is 0 Å².